The van der Waals surface area contributed by atoms with Crippen molar-refractivity contribution in [3.63, 3.8) is 0 Å². The van der Waals surface area contributed by atoms with E-state index in [4.69, 9.17) is 0 Å². The van der Waals surface area contributed by atoms with Gasteiger partial charge in [0.2, 0.25) is 0 Å². The van der Waals surface area contributed by atoms with E-state index >= 15 is 0 Å². The lowest BCUT2D eigenvalue weighted by Gasteiger charge is -2.05. The Kier molecular flexibility index (Phi) is 4.92. The summed E-state index contributed by atoms with van der Waals surface area (Å²) in [5.41, 5.74) is 2.18. The van der Waals surface area contributed by atoms with Gasteiger partial charge in [-0.05, 0) is 36.8 Å². The first kappa shape index (κ1) is 18.3. The Hall–Kier alpha value is -3.06. The minimum atomic E-state index is -0.343. The van der Waals surface area contributed by atoms with Crippen LogP contribution in [0.4, 0.5) is 8.78 Å². The fraction of sp³-hybridized carbons (Fsp3) is 0.143. The number of nitrogens with one attached hydrogen (secondary N) is 1. The molecule has 1 N–H and O–H groups in total. The van der Waals surface area contributed by atoms with Gasteiger partial charge in [-0.25, -0.2) is 8.78 Å². The third kappa shape index (κ3) is 3.66. The van der Waals surface area contributed by atoms with Crippen LogP contribution < -0.4 is 5.32 Å². The molecule has 2 heterocycles. The normalized spacial score (nSPS) is 11.1. The Balaban J connectivity index is 1.55. The molecule has 4 aromatic rings. The van der Waals surface area contributed by atoms with Gasteiger partial charge in [0.05, 0.1) is 17.1 Å². The average molecular weight is 397 g/mol. The molecule has 0 atom stereocenters. The van der Waals surface area contributed by atoms with Crippen LogP contribution in [0.1, 0.15) is 26.5 Å². The monoisotopic (exact) mass is 397 g/mol. The smallest absolute Gasteiger partial charge is 0.261 e. The largest absolute Gasteiger partial charge is 0.347 e. The molecule has 0 bridgehead atoms. The van der Waals surface area contributed by atoms with Crippen molar-refractivity contribution in [2.45, 2.75) is 20.0 Å². The number of aryl methyl sites for hydroxylation is 1. The summed E-state index contributed by atoms with van der Waals surface area (Å²) in [5, 5.41) is 8.19. The number of hydrogen-bond acceptors (Lipinski definition) is 3. The maximum absolute atomic E-state index is 13.7. The highest BCUT2D eigenvalue weighted by Gasteiger charge is 2.17. The van der Waals surface area contributed by atoms with E-state index < -0.39 is 0 Å². The number of thiophene rings is 1. The summed E-state index contributed by atoms with van der Waals surface area (Å²) in [6.07, 6.45) is 0. The summed E-state index contributed by atoms with van der Waals surface area (Å²) in [5.74, 6) is -0.877. The van der Waals surface area contributed by atoms with Crippen LogP contribution in [0.3, 0.4) is 0 Å². The molecule has 4 rings (SSSR count). The van der Waals surface area contributed by atoms with Crippen molar-refractivity contribution in [2.24, 2.45) is 0 Å². The van der Waals surface area contributed by atoms with Gasteiger partial charge in [-0.2, -0.15) is 5.10 Å². The minimum Gasteiger partial charge on any atom is -0.347 e. The number of fused-ring (bicyclic) bond motifs is 1. The van der Waals surface area contributed by atoms with E-state index in [1.807, 2.05) is 11.6 Å². The third-order valence-electron chi connectivity index (χ3n) is 4.47. The van der Waals surface area contributed by atoms with Gasteiger partial charge in [0, 0.05) is 17.5 Å². The zero-order chi connectivity index (χ0) is 19.7. The topological polar surface area (TPSA) is 46.9 Å². The molecule has 28 heavy (non-hydrogen) atoms. The second-order valence-electron chi connectivity index (χ2n) is 6.47. The van der Waals surface area contributed by atoms with Crippen LogP contribution in [0, 0.1) is 18.6 Å². The molecular weight excluding hydrogens is 380 g/mol. The Labute approximate surface area is 164 Å². The number of nitrogens with zero attached hydrogens (tertiary/aromatic N) is 2. The number of hydrogen-bond donors (Lipinski definition) is 1. The molecule has 0 aliphatic rings. The quantitative estimate of drug-likeness (QED) is 0.532. The van der Waals surface area contributed by atoms with E-state index in [0.717, 1.165) is 21.5 Å². The summed E-state index contributed by atoms with van der Waals surface area (Å²) in [6.45, 7) is 2.50. The fourth-order valence-corrected chi connectivity index (χ4v) is 4.08. The van der Waals surface area contributed by atoms with E-state index in [-0.39, 0.29) is 24.1 Å². The van der Waals surface area contributed by atoms with Crippen LogP contribution in [-0.2, 0) is 13.1 Å². The molecular formula is C21H17F2N3OS. The first-order chi connectivity index (χ1) is 13.5. The highest BCUT2D eigenvalue weighted by molar-refractivity contribution is 7.20. The van der Waals surface area contributed by atoms with Gasteiger partial charge in [-0.3, -0.25) is 9.48 Å². The van der Waals surface area contributed by atoms with Crippen LogP contribution in [0.25, 0.3) is 10.2 Å². The molecule has 0 spiro atoms. The van der Waals surface area contributed by atoms with Gasteiger partial charge in [-0.15, -0.1) is 11.3 Å². The first-order valence-corrected chi connectivity index (χ1v) is 9.56. The summed E-state index contributed by atoms with van der Waals surface area (Å²) in [6, 6.07) is 14.4. The molecule has 142 valence electrons. The van der Waals surface area contributed by atoms with E-state index in [0.29, 0.717) is 17.0 Å². The first-order valence-electron chi connectivity index (χ1n) is 8.74. The molecule has 0 aliphatic carbocycles. The molecule has 4 nitrogen and oxygen atoms in total. The predicted molar refractivity (Wildman–Crippen MR) is 105 cm³/mol. The minimum absolute atomic E-state index is 0.125. The molecule has 0 saturated heterocycles. The lowest BCUT2D eigenvalue weighted by atomic mass is 10.2. The van der Waals surface area contributed by atoms with Gasteiger partial charge in [0.15, 0.2) is 0 Å². The van der Waals surface area contributed by atoms with E-state index in [2.05, 4.69) is 10.4 Å². The Morgan fingerprint density at radius 3 is 2.64 bits per heavy atom. The van der Waals surface area contributed by atoms with E-state index in [1.165, 1.54) is 29.5 Å². The van der Waals surface area contributed by atoms with E-state index in [1.54, 1.807) is 36.4 Å². The summed E-state index contributed by atoms with van der Waals surface area (Å²) in [7, 11) is 0. The molecule has 0 unspecified atom stereocenters. The van der Waals surface area contributed by atoms with Crippen LogP contribution >= 0.6 is 11.3 Å². The van der Waals surface area contributed by atoms with Gasteiger partial charge in [0.25, 0.3) is 5.91 Å². The van der Waals surface area contributed by atoms with Crippen molar-refractivity contribution in [3.05, 3.63) is 87.9 Å². The highest BCUT2D eigenvalue weighted by Crippen LogP contribution is 2.29. The Morgan fingerprint density at radius 2 is 1.89 bits per heavy atom. The number of rotatable bonds is 5. The molecule has 2 aromatic heterocycles. The molecule has 0 radical (unpaired) electrons. The van der Waals surface area contributed by atoms with Gasteiger partial charge in [-0.1, -0.05) is 30.3 Å². The van der Waals surface area contributed by atoms with Crippen LogP contribution in [-0.4, -0.2) is 15.7 Å². The highest BCUT2D eigenvalue weighted by atomic mass is 32.1. The maximum Gasteiger partial charge on any atom is 0.261 e. The number of aromatic nitrogens is 2. The second kappa shape index (κ2) is 7.52. The lowest BCUT2D eigenvalue weighted by Crippen LogP contribution is -2.22. The summed E-state index contributed by atoms with van der Waals surface area (Å²) in [4.78, 5) is 13.9. The van der Waals surface area contributed by atoms with Crippen LogP contribution in [0.15, 0.2) is 54.6 Å². The van der Waals surface area contributed by atoms with Crippen molar-refractivity contribution < 1.29 is 13.6 Å². The van der Waals surface area contributed by atoms with Crippen molar-refractivity contribution in [1.29, 1.82) is 0 Å². The number of amides is 1. The zero-order valence-corrected chi connectivity index (χ0v) is 15.9. The predicted octanol–water partition coefficient (Wildman–Crippen LogP) is 4.66. The summed E-state index contributed by atoms with van der Waals surface area (Å²) >= 11 is 1.34. The molecule has 0 fully saturated rings. The molecule has 2 aromatic carbocycles. The maximum atomic E-state index is 13.7. The lowest BCUT2D eigenvalue weighted by molar-refractivity contribution is 0.0954. The van der Waals surface area contributed by atoms with Gasteiger partial charge in [0.1, 0.15) is 16.5 Å². The van der Waals surface area contributed by atoms with Crippen molar-refractivity contribution in [2.75, 3.05) is 0 Å². The zero-order valence-electron chi connectivity index (χ0n) is 15.1. The Morgan fingerprint density at radius 1 is 1.14 bits per heavy atom. The van der Waals surface area contributed by atoms with Crippen molar-refractivity contribution in [3.8, 4) is 0 Å². The number of benzene rings is 2. The SMILES string of the molecule is Cc1nn(Cc2ccc(F)cc2)c2sc(C(=O)NCc3ccccc3F)cc12. The number of halogens is 2. The Bertz CT molecular complexity index is 1150. The van der Waals surface area contributed by atoms with Crippen molar-refractivity contribution in [1.82, 2.24) is 15.1 Å². The van der Waals surface area contributed by atoms with Gasteiger partial charge < -0.3 is 5.32 Å². The third-order valence-corrected chi connectivity index (χ3v) is 5.62. The van der Waals surface area contributed by atoms with Crippen LogP contribution in [0.5, 0.6) is 0 Å². The molecule has 0 saturated carbocycles. The number of carbonyl (C=O) groups excluding carboxylic acids is 1. The molecule has 1 amide bonds. The van der Waals surface area contributed by atoms with Gasteiger partial charge >= 0.3 is 0 Å². The molecule has 0 aliphatic heterocycles. The average Bonchev–Trinajstić information content (AvgIpc) is 3.24. The summed E-state index contributed by atoms with van der Waals surface area (Å²) < 4.78 is 28.6. The standard InChI is InChI=1S/C21H17F2N3OS/c1-13-17-10-19(20(27)24-11-15-4-2-3-5-18(15)23)28-21(17)26(25-13)12-14-6-8-16(22)9-7-14/h2-10H,11-12H2,1H3,(H,24,27). The fourth-order valence-electron chi connectivity index (χ4n) is 3.00. The second-order valence-corrected chi connectivity index (χ2v) is 7.50. The number of carbonyl (C=O) groups is 1. The van der Waals surface area contributed by atoms with Crippen molar-refractivity contribution >= 4 is 27.5 Å². The van der Waals surface area contributed by atoms with Crippen LogP contribution in [0.2, 0.25) is 0 Å². The molecule has 7 heteroatoms. The van der Waals surface area contributed by atoms with E-state index in [9.17, 15) is 13.6 Å².